The van der Waals surface area contributed by atoms with Crippen LogP contribution in [0.2, 0.25) is 0 Å². The van der Waals surface area contributed by atoms with Gasteiger partial charge >= 0.3 is 5.97 Å². The molecule has 6 heteroatoms. The summed E-state index contributed by atoms with van der Waals surface area (Å²) < 4.78 is 1.94. The van der Waals surface area contributed by atoms with Crippen LogP contribution in [0.1, 0.15) is 40.5 Å². The molecule has 0 radical (unpaired) electrons. The number of nitrogens with zero attached hydrogens (tertiary/aromatic N) is 3. The van der Waals surface area contributed by atoms with E-state index in [-0.39, 0.29) is 5.56 Å². The highest BCUT2D eigenvalue weighted by Gasteiger charge is 2.27. The van der Waals surface area contributed by atoms with Crippen molar-refractivity contribution in [2.24, 2.45) is 7.05 Å². The summed E-state index contributed by atoms with van der Waals surface area (Å²) in [6.45, 7) is 0.537. The molecule has 24 heavy (non-hydrogen) atoms. The zero-order valence-corrected chi connectivity index (χ0v) is 13.4. The molecule has 1 aromatic carbocycles. The zero-order chi connectivity index (χ0) is 16.7. The maximum atomic E-state index is 11.3. The molecule has 2 heterocycles. The minimum atomic E-state index is -0.947. The lowest BCUT2D eigenvalue weighted by atomic mass is 10.1. The van der Waals surface area contributed by atoms with Gasteiger partial charge in [0.2, 0.25) is 0 Å². The topological polar surface area (TPSA) is 80.0 Å². The number of nitrogens with one attached hydrogen (secondary N) is 1. The maximum absolute atomic E-state index is 11.3. The van der Waals surface area contributed by atoms with Gasteiger partial charge in [0.05, 0.1) is 29.0 Å². The molecule has 1 aliphatic rings. The first kappa shape index (κ1) is 14.7. The van der Waals surface area contributed by atoms with Gasteiger partial charge in [-0.05, 0) is 37.1 Å². The van der Waals surface area contributed by atoms with Crippen molar-refractivity contribution in [3.63, 3.8) is 0 Å². The Kier molecular flexibility index (Phi) is 3.45. The van der Waals surface area contributed by atoms with Gasteiger partial charge in [-0.15, -0.1) is 0 Å². The van der Waals surface area contributed by atoms with E-state index in [2.05, 4.69) is 21.5 Å². The molecule has 1 fully saturated rings. The molecule has 0 atom stereocenters. The van der Waals surface area contributed by atoms with Crippen molar-refractivity contribution in [2.75, 3.05) is 5.32 Å². The SMILES string of the molecule is Cn1nc(CNc2cc(C(=O)O)cc3cccnc23)cc1C1CC1. The number of carboxylic acid groups (broad SMARTS) is 1. The van der Waals surface area contributed by atoms with Gasteiger partial charge in [0.15, 0.2) is 0 Å². The lowest BCUT2D eigenvalue weighted by molar-refractivity contribution is 0.0697. The number of hydrogen-bond donors (Lipinski definition) is 2. The fourth-order valence-electron chi connectivity index (χ4n) is 3.03. The molecular weight excluding hydrogens is 304 g/mol. The molecule has 3 aromatic rings. The Balaban J connectivity index is 1.63. The van der Waals surface area contributed by atoms with Gasteiger partial charge in [0, 0.05) is 30.2 Å². The van der Waals surface area contributed by atoms with Gasteiger partial charge in [-0.2, -0.15) is 5.10 Å². The van der Waals surface area contributed by atoms with Crippen molar-refractivity contribution in [1.29, 1.82) is 0 Å². The number of fused-ring (bicyclic) bond motifs is 1. The Morgan fingerprint density at radius 2 is 2.21 bits per heavy atom. The lowest BCUT2D eigenvalue weighted by Gasteiger charge is -2.09. The summed E-state index contributed by atoms with van der Waals surface area (Å²) in [6.07, 6.45) is 4.18. The number of benzene rings is 1. The second-order valence-electron chi connectivity index (χ2n) is 6.22. The number of rotatable bonds is 5. The highest BCUT2D eigenvalue weighted by molar-refractivity contribution is 5.99. The van der Waals surface area contributed by atoms with E-state index in [0.29, 0.717) is 18.2 Å². The first-order valence-electron chi connectivity index (χ1n) is 8.00. The van der Waals surface area contributed by atoms with E-state index < -0.39 is 5.97 Å². The van der Waals surface area contributed by atoms with E-state index in [0.717, 1.165) is 16.6 Å². The van der Waals surface area contributed by atoms with Crippen LogP contribution < -0.4 is 5.32 Å². The average molecular weight is 322 g/mol. The predicted molar refractivity (Wildman–Crippen MR) is 91.2 cm³/mol. The number of anilines is 1. The average Bonchev–Trinajstić information content (AvgIpc) is 3.35. The summed E-state index contributed by atoms with van der Waals surface area (Å²) in [5.74, 6) is -0.299. The Labute approximate surface area is 139 Å². The Hall–Kier alpha value is -2.89. The standard InChI is InChI=1S/C18H18N4O2/c1-22-16(11-4-5-11)9-14(21-22)10-20-15-8-13(18(23)24)7-12-3-2-6-19-17(12)15/h2-3,6-9,11,20H,4-5,10H2,1H3,(H,23,24). The minimum absolute atomic E-state index is 0.248. The number of carboxylic acids is 1. The summed E-state index contributed by atoms with van der Waals surface area (Å²) in [5, 5.41) is 17.9. The lowest BCUT2D eigenvalue weighted by Crippen LogP contribution is -2.05. The first-order valence-corrected chi connectivity index (χ1v) is 8.00. The molecule has 0 bridgehead atoms. The molecule has 6 nitrogen and oxygen atoms in total. The van der Waals surface area contributed by atoms with Crippen molar-refractivity contribution in [2.45, 2.75) is 25.3 Å². The van der Waals surface area contributed by atoms with Gasteiger partial charge in [-0.25, -0.2) is 4.79 Å². The molecule has 0 unspecified atom stereocenters. The van der Waals surface area contributed by atoms with Crippen LogP contribution >= 0.6 is 0 Å². The molecule has 1 saturated carbocycles. The van der Waals surface area contributed by atoms with Crippen molar-refractivity contribution in [3.8, 4) is 0 Å². The predicted octanol–water partition coefficient (Wildman–Crippen LogP) is 3.16. The summed E-state index contributed by atoms with van der Waals surface area (Å²) in [7, 11) is 1.97. The highest BCUT2D eigenvalue weighted by Crippen LogP contribution is 2.40. The number of aromatic carboxylic acids is 1. The third-order valence-corrected chi connectivity index (χ3v) is 4.37. The normalized spacial score (nSPS) is 14.0. The second-order valence-corrected chi connectivity index (χ2v) is 6.22. The molecule has 4 rings (SSSR count). The molecule has 0 aliphatic heterocycles. The van der Waals surface area contributed by atoms with Crippen molar-refractivity contribution in [1.82, 2.24) is 14.8 Å². The van der Waals surface area contributed by atoms with Crippen LogP contribution in [-0.4, -0.2) is 25.8 Å². The summed E-state index contributed by atoms with van der Waals surface area (Å²) >= 11 is 0. The largest absolute Gasteiger partial charge is 0.478 e. The van der Waals surface area contributed by atoms with Crippen LogP contribution in [0.25, 0.3) is 10.9 Å². The third kappa shape index (κ3) is 2.71. The number of aryl methyl sites for hydroxylation is 1. The van der Waals surface area contributed by atoms with Crippen molar-refractivity contribution in [3.05, 3.63) is 53.5 Å². The quantitative estimate of drug-likeness (QED) is 0.754. The molecule has 0 amide bonds. The minimum Gasteiger partial charge on any atom is -0.478 e. The summed E-state index contributed by atoms with van der Waals surface area (Å²) in [5.41, 5.74) is 3.95. The van der Waals surface area contributed by atoms with Gasteiger partial charge < -0.3 is 10.4 Å². The number of hydrogen-bond acceptors (Lipinski definition) is 4. The van der Waals surface area contributed by atoms with Crippen LogP contribution in [0.4, 0.5) is 5.69 Å². The molecular formula is C18H18N4O2. The fourth-order valence-corrected chi connectivity index (χ4v) is 3.03. The fraction of sp³-hybridized carbons (Fsp3) is 0.278. The molecule has 1 aliphatic carbocycles. The Morgan fingerprint density at radius 3 is 2.96 bits per heavy atom. The summed E-state index contributed by atoms with van der Waals surface area (Å²) in [6, 6.07) is 9.07. The van der Waals surface area contributed by atoms with Gasteiger partial charge in [-0.1, -0.05) is 6.07 Å². The van der Waals surface area contributed by atoms with E-state index in [1.165, 1.54) is 18.5 Å². The molecule has 2 N–H and O–H groups in total. The van der Waals surface area contributed by atoms with Crippen LogP contribution in [0.5, 0.6) is 0 Å². The van der Waals surface area contributed by atoms with E-state index in [1.807, 2.05) is 17.8 Å². The molecule has 2 aromatic heterocycles. The van der Waals surface area contributed by atoms with Crippen LogP contribution in [-0.2, 0) is 13.6 Å². The van der Waals surface area contributed by atoms with E-state index >= 15 is 0 Å². The molecule has 122 valence electrons. The van der Waals surface area contributed by atoms with Crippen molar-refractivity contribution >= 4 is 22.6 Å². The smallest absolute Gasteiger partial charge is 0.335 e. The highest BCUT2D eigenvalue weighted by atomic mass is 16.4. The molecule has 0 spiro atoms. The van der Waals surface area contributed by atoms with E-state index in [9.17, 15) is 9.90 Å². The van der Waals surface area contributed by atoms with Crippen LogP contribution in [0, 0.1) is 0 Å². The Morgan fingerprint density at radius 1 is 1.38 bits per heavy atom. The van der Waals surface area contributed by atoms with Gasteiger partial charge in [-0.3, -0.25) is 9.67 Å². The van der Waals surface area contributed by atoms with E-state index in [1.54, 1.807) is 24.4 Å². The Bertz CT molecular complexity index is 928. The summed E-state index contributed by atoms with van der Waals surface area (Å²) in [4.78, 5) is 15.7. The van der Waals surface area contributed by atoms with Gasteiger partial charge in [0.25, 0.3) is 0 Å². The van der Waals surface area contributed by atoms with E-state index in [4.69, 9.17) is 0 Å². The van der Waals surface area contributed by atoms with Crippen LogP contribution in [0.3, 0.4) is 0 Å². The molecule has 0 saturated heterocycles. The zero-order valence-electron chi connectivity index (χ0n) is 13.4. The number of pyridine rings is 1. The number of aromatic nitrogens is 3. The maximum Gasteiger partial charge on any atom is 0.335 e. The van der Waals surface area contributed by atoms with Gasteiger partial charge in [0.1, 0.15) is 0 Å². The first-order chi connectivity index (χ1) is 11.6. The van der Waals surface area contributed by atoms with Crippen LogP contribution in [0.15, 0.2) is 36.5 Å². The third-order valence-electron chi connectivity index (χ3n) is 4.37. The number of carbonyl (C=O) groups is 1. The monoisotopic (exact) mass is 322 g/mol. The second kappa shape index (κ2) is 5.63. The van der Waals surface area contributed by atoms with Crippen molar-refractivity contribution < 1.29 is 9.90 Å².